The number of hydrogen-bond donors (Lipinski definition) is 1. The number of hydrogen-bond acceptors (Lipinski definition) is 2. The Hall–Kier alpha value is -1.84. The number of aliphatic hydroxyl groups is 1. The van der Waals surface area contributed by atoms with E-state index in [9.17, 15) is 5.11 Å². The van der Waals surface area contributed by atoms with Crippen LogP contribution in [0.3, 0.4) is 0 Å². The Kier molecular flexibility index (Phi) is 5.30. The molecule has 2 fully saturated rings. The molecule has 3 aromatic rings. The second-order valence-electron chi connectivity index (χ2n) is 9.59. The van der Waals surface area contributed by atoms with Crippen LogP contribution < -0.4 is 0 Å². The van der Waals surface area contributed by atoms with Gasteiger partial charge < -0.3 is 5.11 Å². The summed E-state index contributed by atoms with van der Waals surface area (Å²) in [6, 6.07) is 18.6. The monoisotopic (exact) mass is 463 g/mol. The maximum atomic E-state index is 10.9. The molecule has 0 amide bonds. The van der Waals surface area contributed by atoms with E-state index in [1.165, 1.54) is 33.9 Å². The molecular formula is C28H27Cl2NO. The van der Waals surface area contributed by atoms with Gasteiger partial charge in [-0.1, -0.05) is 60.2 Å². The first-order valence-corrected chi connectivity index (χ1v) is 12.5. The second kappa shape index (κ2) is 8.18. The quantitative estimate of drug-likeness (QED) is 0.323. The normalized spacial score (nSPS) is 24.7. The lowest BCUT2D eigenvalue weighted by Gasteiger charge is -2.38. The van der Waals surface area contributed by atoms with Crippen molar-refractivity contribution in [2.75, 3.05) is 13.1 Å². The van der Waals surface area contributed by atoms with Gasteiger partial charge in [-0.05, 0) is 88.2 Å². The van der Waals surface area contributed by atoms with Crippen molar-refractivity contribution in [2.24, 2.45) is 11.8 Å². The molecule has 164 valence electrons. The van der Waals surface area contributed by atoms with Gasteiger partial charge in [0, 0.05) is 18.1 Å². The highest BCUT2D eigenvalue weighted by Crippen LogP contribution is 2.56. The Labute approximate surface area is 199 Å². The summed E-state index contributed by atoms with van der Waals surface area (Å²) < 4.78 is 0. The first kappa shape index (κ1) is 20.7. The van der Waals surface area contributed by atoms with Gasteiger partial charge in [-0.2, -0.15) is 0 Å². The molecular weight excluding hydrogens is 437 g/mol. The molecule has 0 spiro atoms. The number of nitrogens with zero attached hydrogens (tertiary/aromatic N) is 1. The van der Waals surface area contributed by atoms with Gasteiger partial charge in [0.25, 0.3) is 0 Å². The molecule has 1 saturated heterocycles. The number of aliphatic hydroxyl groups excluding tert-OH is 1. The van der Waals surface area contributed by atoms with Crippen LogP contribution in [0.25, 0.3) is 16.8 Å². The SMILES string of the molecule is OC(c1ccc(Cl)cc1)C1CCN(C(Cl)c2c3c(cc4ccccc24)C=CC2CC32)CC1. The summed E-state index contributed by atoms with van der Waals surface area (Å²) in [5, 5.41) is 14.2. The van der Waals surface area contributed by atoms with E-state index in [0.717, 1.165) is 31.5 Å². The zero-order valence-corrected chi connectivity index (χ0v) is 19.4. The molecule has 6 rings (SSSR count). The van der Waals surface area contributed by atoms with E-state index in [4.69, 9.17) is 23.2 Å². The van der Waals surface area contributed by atoms with Crippen LogP contribution in [0, 0.1) is 11.8 Å². The Balaban J connectivity index is 1.26. The Bertz CT molecular complexity index is 1180. The third kappa shape index (κ3) is 3.58. The number of benzene rings is 3. The van der Waals surface area contributed by atoms with Crippen LogP contribution in [0.2, 0.25) is 5.02 Å². The fourth-order valence-electron chi connectivity index (χ4n) is 5.79. The molecule has 0 radical (unpaired) electrons. The highest BCUT2D eigenvalue weighted by molar-refractivity contribution is 6.30. The summed E-state index contributed by atoms with van der Waals surface area (Å²) >= 11 is 13.3. The van der Waals surface area contributed by atoms with E-state index in [-0.39, 0.29) is 11.4 Å². The molecule has 32 heavy (non-hydrogen) atoms. The van der Waals surface area contributed by atoms with Crippen LogP contribution in [0.5, 0.6) is 0 Å². The van der Waals surface area contributed by atoms with E-state index in [1.807, 2.05) is 24.3 Å². The van der Waals surface area contributed by atoms with Crippen molar-refractivity contribution in [3.8, 4) is 0 Å². The van der Waals surface area contributed by atoms with E-state index >= 15 is 0 Å². The van der Waals surface area contributed by atoms with Crippen LogP contribution in [0.1, 0.15) is 59.0 Å². The number of fused-ring (bicyclic) bond motifs is 4. The molecule has 3 aromatic carbocycles. The van der Waals surface area contributed by atoms with Gasteiger partial charge in [0.15, 0.2) is 0 Å². The predicted molar refractivity (Wildman–Crippen MR) is 133 cm³/mol. The standard InChI is InChI=1S/C28H27Cl2NO/c29-22-9-7-17(8-10-22)27(32)18-11-13-31(14-12-18)28(30)26-23-4-2-1-3-19(23)15-21-6-5-20-16-24(20)25(21)26/h1-10,15,18,20,24,27-28,32H,11-14,16H2. The molecule has 4 atom stereocenters. The number of allylic oxidation sites excluding steroid dienone is 1. The third-order valence-electron chi connectivity index (χ3n) is 7.69. The minimum atomic E-state index is -0.453. The summed E-state index contributed by atoms with van der Waals surface area (Å²) in [7, 11) is 0. The minimum Gasteiger partial charge on any atom is -0.388 e. The lowest BCUT2D eigenvalue weighted by atomic mass is 9.85. The molecule has 1 saturated carbocycles. The average Bonchev–Trinajstić information content (AvgIpc) is 3.62. The van der Waals surface area contributed by atoms with Gasteiger partial charge in [0.2, 0.25) is 0 Å². The van der Waals surface area contributed by atoms with Gasteiger partial charge in [-0.15, -0.1) is 11.6 Å². The third-order valence-corrected chi connectivity index (χ3v) is 8.43. The average molecular weight is 464 g/mol. The summed E-state index contributed by atoms with van der Waals surface area (Å²) in [6.45, 7) is 1.79. The molecule has 0 bridgehead atoms. The first-order valence-electron chi connectivity index (χ1n) is 11.7. The van der Waals surface area contributed by atoms with E-state index in [0.29, 0.717) is 16.9 Å². The van der Waals surface area contributed by atoms with Crippen LogP contribution in [0.4, 0.5) is 0 Å². The van der Waals surface area contributed by atoms with Crippen LogP contribution in [0.15, 0.2) is 60.7 Å². The zero-order valence-electron chi connectivity index (χ0n) is 17.9. The zero-order chi connectivity index (χ0) is 21.8. The van der Waals surface area contributed by atoms with E-state index in [1.54, 1.807) is 0 Å². The van der Waals surface area contributed by atoms with Crippen molar-refractivity contribution in [3.05, 3.63) is 87.9 Å². The van der Waals surface area contributed by atoms with Gasteiger partial charge in [0.1, 0.15) is 5.50 Å². The predicted octanol–water partition coefficient (Wildman–Crippen LogP) is 7.31. The van der Waals surface area contributed by atoms with Crippen molar-refractivity contribution in [1.82, 2.24) is 4.90 Å². The maximum absolute atomic E-state index is 10.9. The van der Waals surface area contributed by atoms with Gasteiger partial charge >= 0.3 is 0 Å². The van der Waals surface area contributed by atoms with Crippen molar-refractivity contribution in [3.63, 3.8) is 0 Å². The fourth-order valence-corrected chi connectivity index (χ4v) is 6.34. The van der Waals surface area contributed by atoms with Gasteiger partial charge in [-0.25, -0.2) is 0 Å². The highest BCUT2D eigenvalue weighted by Gasteiger charge is 2.43. The number of rotatable bonds is 4. The molecule has 2 nitrogen and oxygen atoms in total. The number of halogens is 2. The summed E-state index contributed by atoms with van der Waals surface area (Å²) in [5.74, 6) is 1.56. The summed E-state index contributed by atoms with van der Waals surface area (Å²) in [6.07, 6.45) is 7.34. The molecule has 1 heterocycles. The maximum Gasteiger partial charge on any atom is 0.112 e. The van der Waals surface area contributed by atoms with Gasteiger partial charge in [-0.3, -0.25) is 4.90 Å². The number of piperidine rings is 1. The molecule has 1 aliphatic heterocycles. The largest absolute Gasteiger partial charge is 0.388 e. The van der Waals surface area contributed by atoms with E-state index in [2.05, 4.69) is 47.4 Å². The summed E-state index contributed by atoms with van der Waals surface area (Å²) in [5.41, 5.74) is 4.94. The lowest BCUT2D eigenvalue weighted by Crippen LogP contribution is -2.37. The summed E-state index contributed by atoms with van der Waals surface area (Å²) in [4.78, 5) is 2.41. The Morgan fingerprint density at radius 1 is 1.00 bits per heavy atom. The van der Waals surface area contributed by atoms with E-state index < -0.39 is 6.10 Å². The lowest BCUT2D eigenvalue weighted by molar-refractivity contribution is 0.0549. The Morgan fingerprint density at radius 2 is 1.75 bits per heavy atom. The number of likely N-dealkylation sites (tertiary alicyclic amines) is 1. The highest BCUT2D eigenvalue weighted by atomic mass is 35.5. The van der Waals surface area contributed by atoms with Crippen LogP contribution in [-0.4, -0.2) is 23.1 Å². The molecule has 0 aromatic heterocycles. The minimum absolute atomic E-state index is 0.142. The molecule has 2 aliphatic carbocycles. The van der Waals surface area contributed by atoms with Crippen molar-refractivity contribution in [2.45, 2.75) is 36.8 Å². The van der Waals surface area contributed by atoms with Crippen molar-refractivity contribution in [1.29, 1.82) is 0 Å². The molecule has 1 N–H and O–H groups in total. The fraction of sp³-hybridized carbons (Fsp3) is 0.357. The molecule has 3 aliphatic rings. The van der Waals surface area contributed by atoms with Crippen molar-refractivity contribution < 1.29 is 5.11 Å². The van der Waals surface area contributed by atoms with Crippen LogP contribution >= 0.6 is 23.2 Å². The Morgan fingerprint density at radius 3 is 2.53 bits per heavy atom. The topological polar surface area (TPSA) is 23.5 Å². The molecule has 4 unspecified atom stereocenters. The second-order valence-corrected chi connectivity index (χ2v) is 10.4. The number of alkyl halides is 1. The first-order chi connectivity index (χ1) is 15.6. The smallest absolute Gasteiger partial charge is 0.112 e. The van der Waals surface area contributed by atoms with Gasteiger partial charge in [0.05, 0.1) is 6.10 Å². The van der Waals surface area contributed by atoms with Crippen molar-refractivity contribution >= 4 is 40.1 Å². The molecule has 4 heteroatoms. The van der Waals surface area contributed by atoms with Crippen LogP contribution in [-0.2, 0) is 0 Å².